The van der Waals surface area contributed by atoms with E-state index < -0.39 is 0 Å². The first-order chi connectivity index (χ1) is 15.3. The number of benzene rings is 2. The number of ether oxygens (including phenoxy) is 2. The highest BCUT2D eigenvalue weighted by atomic mass is 127. The first-order valence-corrected chi connectivity index (χ1v) is 11.2. The molecule has 0 bridgehead atoms. The van der Waals surface area contributed by atoms with Gasteiger partial charge in [-0.1, -0.05) is 30.3 Å². The minimum absolute atomic E-state index is 0. The van der Waals surface area contributed by atoms with Gasteiger partial charge in [0.2, 0.25) is 0 Å². The Labute approximate surface area is 208 Å². The van der Waals surface area contributed by atoms with Crippen LogP contribution in [0.1, 0.15) is 18.4 Å². The summed E-state index contributed by atoms with van der Waals surface area (Å²) < 4.78 is 11.4. The van der Waals surface area contributed by atoms with Gasteiger partial charge in [-0.3, -0.25) is 9.89 Å². The highest BCUT2D eigenvalue weighted by molar-refractivity contribution is 14.0. The number of nitrogens with zero attached hydrogens (tertiary/aromatic N) is 3. The van der Waals surface area contributed by atoms with Crippen molar-refractivity contribution < 1.29 is 9.47 Å². The fraction of sp³-hybridized carbons (Fsp3) is 0.458. The fourth-order valence-corrected chi connectivity index (χ4v) is 3.93. The van der Waals surface area contributed by atoms with Crippen molar-refractivity contribution in [1.82, 2.24) is 9.80 Å². The molecule has 8 heteroatoms. The van der Waals surface area contributed by atoms with Crippen LogP contribution in [0, 0.1) is 0 Å². The predicted molar refractivity (Wildman–Crippen MR) is 140 cm³/mol. The summed E-state index contributed by atoms with van der Waals surface area (Å²) in [7, 11) is 0. The minimum Gasteiger partial charge on any atom is -0.490 e. The number of rotatable bonds is 7. The molecule has 0 saturated carbocycles. The van der Waals surface area contributed by atoms with Crippen LogP contribution in [0.5, 0.6) is 11.5 Å². The lowest BCUT2D eigenvalue weighted by Gasteiger charge is -2.34. The maximum atomic E-state index is 6.07. The molecule has 0 unspecified atom stereocenters. The van der Waals surface area contributed by atoms with Gasteiger partial charge >= 0.3 is 0 Å². The number of fused-ring (bicyclic) bond motifs is 1. The van der Waals surface area contributed by atoms with Gasteiger partial charge in [0.1, 0.15) is 0 Å². The lowest BCUT2D eigenvalue weighted by molar-refractivity contribution is 0.127. The molecule has 0 aromatic heterocycles. The number of guanidine groups is 1. The zero-order chi connectivity index (χ0) is 21.3. The van der Waals surface area contributed by atoms with Crippen LogP contribution in [0.2, 0.25) is 0 Å². The Hall–Kier alpha value is -2.04. The maximum Gasteiger partial charge on any atom is 0.193 e. The number of nitrogens with one attached hydrogen (secondary N) is 1. The van der Waals surface area contributed by atoms with Crippen LogP contribution in [0.4, 0.5) is 5.69 Å². The number of aliphatic imine (C=N–C) groups is 1. The Morgan fingerprint density at radius 1 is 0.938 bits per heavy atom. The molecule has 3 N–H and O–H groups in total. The lowest BCUT2D eigenvalue weighted by Crippen LogP contribution is -2.46. The van der Waals surface area contributed by atoms with Crippen molar-refractivity contribution in [2.24, 2.45) is 10.7 Å². The smallest absolute Gasteiger partial charge is 0.193 e. The number of anilines is 1. The highest BCUT2D eigenvalue weighted by Crippen LogP contribution is 2.32. The van der Waals surface area contributed by atoms with Crippen molar-refractivity contribution in [3.8, 4) is 11.5 Å². The minimum atomic E-state index is 0. The molecule has 2 aliphatic heterocycles. The third-order valence-corrected chi connectivity index (χ3v) is 5.65. The van der Waals surface area contributed by atoms with Gasteiger partial charge in [-0.2, -0.15) is 0 Å². The summed E-state index contributed by atoms with van der Waals surface area (Å²) in [5.74, 6) is 1.96. The summed E-state index contributed by atoms with van der Waals surface area (Å²) in [4.78, 5) is 9.53. The third-order valence-electron chi connectivity index (χ3n) is 5.65. The Kier molecular flexibility index (Phi) is 9.89. The monoisotopic (exact) mass is 551 g/mol. The maximum absolute atomic E-state index is 6.07. The summed E-state index contributed by atoms with van der Waals surface area (Å²) >= 11 is 0. The van der Waals surface area contributed by atoms with Crippen molar-refractivity contribution in [3.05, 3.63) is 54.1 Å². The van der Waals surface area contributed by atoms with Crippen molar-refractivity contribution in [1.29, 1.82) is 0 Å². The summed E-state index contributed by atoms with van der Waals surface area (Å²) in [6.07, 6.45) is 1.89. The largest absolute Gasteiger partial charge is 0.490 e. The Morgan fingerprint density at radius 2 is 1.66 bits per heavy atom. The van der Waals surface area contributed by atoms with E-state index >= 15 is 0 Å². The Bertz CT molecular complexity index is 857. The molecule has 2 aromatic rings. The highest BCUT2D eigenvalue weighted by Gasteiger charge is 2.16. The molecular weight excluding hydrogens is 517 g/mol. The van der Waals surface area contributed by atoms with Gasteiger partial charge in [0.25, 0.3) is 0 Å². The van der Waals surface area contributed by atoms with Crippen molar-refractivity contribution in [3.63, 3.8) is 0 Å². The van der Waals surface area contributed by atoms with E-state index in [9.17, 15) is 0 Å². The van der Waals surface area contributed by atoms with E-state index in [4.69, 9.17) is 15.2 Å². The van der Waals surface area contributed by atoms with Gasteiger partial charge < -0.3 is 25.4 Å². The number of piperazine rings is 1. The van der Waals surface area contributed by atoms with E-state index in [0.29, 0.717) is 25.7 Å². The van der Waals surface area contributed by atoms with Gasteiger partial charge in [0, 0.05) is 64.0 Å². The molecule has 0 aliphatic carbocycles. The molecule has 174 valence electrons. The standard InChI is InChI=1S/C24H33N5O2.HI/c25-24(27-21-8-9-22-23(18-21)31-17-5-16-30-22)26-10-4-11-28-12-14-29(15-13-28)19-20-6-2-1-3-7-20;/h1-3,6-9,18H,4-5,10-17,19H2,(H3,25,26,27);1H. The van der Waals surface area contributed by atoms with Crippen molar-refractivity contribution >= 4 is 35.6 Å². The molecule has 32 heavy (non-hydrogen) atoms. The van der Waals surface area contributed by atoms with Crippen LogP contribution in [0.25, 0.3) is 0 Å². The van der Waals surface area contributed by atoms with E-state index in [2.05, 4.69) is 50.4 Å². The second kappa shape index (κ2) is 12.9. The molecule has 0 atom stereocenters. The molecule has 1 saturated heterocycles. The van der Waals surface area contributed by atoms with Crippen LogP contribution in [0.3, 0.4) is 0 Å². The van der Waals surface area contributed by atoms with E-state index in [-0.39, 0.29) is 24.0 Å². The third kappa shape index (κ3) is 7.53. The zero-order valence-electron chi connectivity index (χ0n) is 18.5. The lowest BCUT2D eigenvalue weighted by atomic mass is 10.2. The molecule has 4 rings (SSSR count). The van der Waals surface area contributed by atoms with Crippen LogP contribution < -0.4 is 20.5 Å². The molecule has 7 nitrogen and oxygen atoms in total. The second-order valence-electron chi connectivity index (χ2n) is 8.06. The molecule has 0 amide bonds. The van der Waals surface area contributed by atoms with E-state index in [1.54, 1.807) is 0 Å². The molecular formula is C24H34IN5O2. The van der Waals surface area contributed by atoms with Gasteiger partial charge in [-0.15, -0.1) is 24.0 Å². The van der Waals surface area contributed by atoms with Crippen LogP contribution in [-0.2, 0) is 6.54 Å². The predicted octanol–water partition coefficient (Wildman–Crippen LogP) is 3.40. The number of hydrogen-bond donors (Lipinski definition) is 2. The van der Waals surface area contributed by atoms with Crippen molar-refractivity contribution in [2.45, 2.75) is 19.4 Å². The van der Waals surface area contributed by atoms with Crippen molar-refractivity contribution in [2.75, 3.05) is 57.8 Å². The van der Waals surface area contributed by atoms with Gasteiger partial charge in [-0.05, 0) is 24.1 Å². The zero-order valence-corrected chi connectivity index (χ0v) is 20.9. The average molecular weight is 551 g/mol. The molecule has 2 aliphatic rings. The summed E-state index contributed by atoms with van der Waals surface area (Å²) in [5.41, 5.74) is 8.32. The number of nitrogens with two attached hydrogens (primary N) is 1. The normalized spacial score (nSPS) is 17.3. The Morgan fingerprint density at radius 3 is 2.44 bits per heavy atom. The van der Waals surface area contributed by atoms with Crippen LogP contribution >= 0.6 is 24.0 Å². The molecule has 0 spiro atoms. The fourth-order valence-electron chi connectivity index (χ4n) is 3.93. The first-order valence-electron chi connectivity index (χ1n) is 11.2. The number of hydrogen-bond acceptors (Lipinski definition) is 5. The van der Waals surface area contributed by atoms with E-state index in [1.165, 1.54) is 5.56 Å². The molecule has 1 fully saturated rings. The topological polar surface area (TPSA) is 75.4 Å². The SMILES string of the molecule is I.NC(=NCCCN1CCN(Cc2ccccc2)CC1)Nc1ccc2c(c1)OCCCO2. The van der Waals surface area contributed by atoms with E-state index in [1.807, 2.05) is 18.2 Å². The summed E-state index contributed by atoms with van der Waals surface area (Å²) in [6, 6.07) is 16.5. The Balaban J connectivity index is 0.00000289. The van der Waals surface area contributed by atoms with E-state index in [0.717, 1.165) is 69.3 Å². The van der Waals surface area contributed by atoms with Gasteiger partial charge in [0.15, 0.2) is 17.5 Å². The molecule has 0 radical (unpaired) electrons. The quantitative estimate of drug-likeness (QED) is 0.238. The van der Waals surface area contributed by atoms with Gasteiger partial charge in [0.05, 0.1) is 13.2 Å². The number of halogens is 1. The molecule has 2 aromatic carbocycles. The van der Waals surface area contributed by atoms with Crippen LogP contribution in [-0.4, -0.2) is 68.2 Å². The summed E-state index contributed by atoms with van der Waals surface area (Å²) in [5, 5.41) is 3.15. The average Bonchev–Trinajstić information content (AvgIpc) is 3.04. The van der Waals surface area contributed by atoms with Gasteiger partial charge in [-0.25, -0.2) is 0 Å². The molecule has 2 heterocycles. The summed E-state index contributed by atoms with van der Waals surface area (Å²) in [6.45, 7) is 8.63. The van der Waals surface area contributed by atoms with Crippen LogP contribution in [0.15, 0.2) is 53.5 Å². The second-order valence-corrected chi connectivity index (χ2v) is 8.06. The first kappa shape index (κ1) is 24.6.